The lowest BCUT2D eigenvalue weighted by atomic mass is 9.94. The Morgan fingerprint density at radius 2 is 2.07 bits per heavy atom. The van der Waals surface area contributed by atoms with Crippen molar-refractivity contribution in [2.75, 3.05) is 26.2 Å². The molecule has 156 valence electrons. The van der Waals surface area contributed by atoms with Crippen LogP contribution in [-0.4, -0.2) is 48.9 Å². The molecule has 1 aromatic rings. The van der Waals surface area contributed by atoms with Gasteiger partial charge in [0.05, 0.1) is 6.04 Å². The van der Waals surface area contributed by atoms with Gasteiger partial charge in [0.25, 0.3) is 0 Å². The van der Waals surface area contributed by atoms with E-state index in [1.165, 1.54) is 6.07 Å². The Labute approximate surface area is 172 Å². The predicted octanol–water partition coefficient (Wildman–Crippen LogP) is 2.85. The maximum absolute atomic E-state index is 13.9. The third-order valence-corrected chi connectivity index (χ3v) is 5.73. The van der Waals surface area contributed by atoms with Gasteiger partial charge in [-0.15, -0.1) is 12.4 Å². The summed E-state index contributed by atoms with van der Waals surface area (Å²) in [5.74, 6) is 0.0324. The molecule has 0 aromatic heterocycles. The molecule has 2 saturated heterocycles. The molecule has 7 heteroatoms. The molecule has 0 aliphatic carbocycles. The number of amides is 2. The molecule has 2 N–H and O–H groups in total. The van der Waals surface area contributed by atoms with Crippen LogP contribution in [0.4, 0.5) is 4.39 Å². The first-order valence-corrected chi connectivity index (χ1v) is 10.1. The molecule has 3 rings (SSSR count). The van der Waals surface area contributed by atoms with Crippen LogP contribution in [0.5, 0.6) is 0 Å². The smallest absolute Gasteiger partial charge is 0.237 e. The normalized spacial score (nSPS) is 23.0. The number of nitrogens with one attached hydrogen (secondary N) is 2. The van der Waals surface area contributed by atoms with Crippen LogP contribution in [-0.2, 0) is 9.59 Å². The van der Waals surface area contributed by atoms with Crippen molar-refractivity contribution in [3.05, 3.63) is 35.6 Å². The van der Waals surface area contributed by atoms with E-state index in [-0.39, 0.29) is 47.9 Å². The van der Waals surface area contributed by atoms with Gasteiger partial charge in [-0.1, -0.05) is 25.1 Å². The van der Waals surface area contributed by atoms with Gasteiger partial charge >= 0.3 is 0 Å². The lowest BCUT2D eigenvalue weighted by molar-refractivity contribution is -0.133. The third kappa shape index (κ3) is 5.92. The lowest BCUT2D eigenvalue weighted by Crippen LogP contribution is -2.46. The molecule has 5 nitrogen and oxygen atoms in total. The molecule has 0 bridgehead atoms. The van der Waals surface area contributed by atoms with Crippen LogP contribution in [0.2, 0.25) is 0 Å². The summed E-state index contributed by atoms with van der Waals surface area (Å²) in [6.45, 7) is 4.83. The van der Waals surface area contributed by atoms with Crippen molar-refractivity contribution in [3.8, 4) is 0 Å². The van der Waals surface area contributed by atoms with Gasteiger partial charge in [-0.25, -0.2) is 4.39 Å². The molecule has 2 heterocycles. The van der Waals surface area contributed by atoms with E-state index in [2.05, 4.69) is 10.6 Å². The average Bonchev–Trinajstić information content (AvgIpc) is 3.21. The fourth-order valence-electron chi connectivity index (χ4n) is 4.11. The molecule has 3 atom stereocenters. The minimum absolute atomic E-state index is 0. The molecule has 28 heavy (non-hydrogen) atoms. The fourth-order valence-corrected chi connectivity index (χ4v) is 4.11. The second-order valence-corrected chi connectivity index (χ2v) is 7.87. The van der Waals surface area contributed by atoms with Crippen LogP contribution in [0.1, 0.15) is 50.5 Å². The molecular weight excluding hydrogens is 381 g/mol. The summed E-state index contributed by atoms with van der Waals surface area (Å²) >= 11 is 0. The number of carbonyl (C=O) groups excluding carboxylic acids is 2. The largest absolute Gasteiger partial charge is 0.354 e. The highest BCUT2D eigenvalue weighted by molar-refractivity contribution is 5.85. The van der Waals surface area contributed by atoms with Gasteiger partial charge in [0.15, 0.2) is 0 Å². The summed E-state index contributed by atoms with van der Waals surface area (Å²) in [6, 6.07) is 6.59. The van der Waals surface area contributed by atoms with E-state index in [1.807, 2.05) is 11.8 Å². The fraction of sp³-hybridized carbons (Fsp3) is 0.619. The summed E-state index contributed by atoms with van der Waals surface area (Å²) in [6.07, 6.45) is 4.22. The maximum Gasteiger partial charge on any atom is 0.237 e. The van der Waals surface area contributed by atoms with Crippen molar-refractivity contribution in [1.82, 2.24) is 15.5 Å². The minimum Gasteiger partial charge on any atom is -0.354 e. The van der Waals surface area contributed by atoms with Gasteiger partial charge in [-0.05, 0) is 55.7 Å². The Hall–Kier alpha value is -1.66. The SMILES string of the molecule is CC(CC(=O)N1CCCC(CNC(=O)C2CCCN2)C1)c1ccccc1F.Cl. The zero-order valence-electron chi connectivity index (χ0n) is 16.5. The second-order valence-electron chi connectivity index (χ2n) is 7.87. The van der Waals surface area contributed by atoms with E-state index in [4.69, 9.17) is 0 Å². The molecule has 0 spiro atoms. The number of piperidine rings is 1. The predicted molar refractivity (Wildman–Crippen MR) is 110 cm³/mol. The average molecular weight is 412 g/mol. The van der Waals surface area contributed by atoms with Gasteiger partial charge in [0, 0.05) is 26.1 Å². The van der Waals surface area contributed by atoms with E-state index in [1.54, 1.807) is 18.2 Å². The minimum atomic E-state index is -0.252. The lowest BCUT2D eigenvalue weighted by Gasteiger charge is -2.33. The molecule has 0 saturated carbocycles. The highest BCUT2D eigenvalue weighted by Crippen LogP contribution is 2.24. The van der Waals surface area contributed by atoms with Crippen molar-refractivity contribution in [1.29, 1.82) is 0 Å². The first-order chi connectivity index (χ1) is 13.0. The second kappa shape index (κ2) is 10.8. The van der Waals surface area contributed by atoms with Gasteiger partial charge in [0.1, 0.15) is 5.82 Å². The van der Waals surface area contributed by atoms with Crippen LogP contribution >= 0.6 is 12.4 Å². The molecule has 2 aliphatic heterocycles. The van der Waals surface area contributed by atoms with E-state index < -0.39 is 0 Å². The van der Waals surface area contributed by atoms with Crippen molar-refractivity contribution in [2.45, 2.75) is 51.0 Å². The van der Waals surface area contributed by atoms with Crippen LogP contribution in [0.3, 0.4) is 0 Å². The van der Waals surface area contributed by atoms with Crippen molar-refractivity contribution in [3.63, 3.8) is 0 Å². The Balaban J connectivity index is 0.00000280. The Morgan fingerprint density at radius 3 is 2.79 bits per heavy atom. The Bertz CT molecular complexity index is 667. The molecule has 1 aromatic carbocycles. The standard InChI is InChI=1S/C21H30FN3O2.ClH/c1-15(17-7-2-3-8-18(17)22)12-20(26)25-11-5-6-16(14-25)13-24-21(27)19-9-4-10-23-19;/h2-3,7-8,15-16,19,23H,4-6,9-14H2,1H3,(H,24,27);1H. The molecule has 3 unspecified atom stereocenters. The summed E-state index contributed by atoms with van der Waals surface area (Å²) in [5.41, 5.74) is 0.593. The van der Waals surface area contributed by atoms with Gasteiger partial charge in [-0.3, -0.25) is 9.59 Å². The van der Waals surface area contributed by atoms with Gasteiger partial charge in [-0.2, -0.15) is 0 Å². The number of rotatable bonds is 6. The molecule has 2 amide bonds. The van der Waals surface area contributed by atoms with Crippen molar-refractivity contribution >= 4 is 24.2 Å². The van der Waals surface area contributed by atoms with Crippen molar-refractivity contribution in [2.24, 2.45) is 5.92 Å². The molecule has 2 fully saturated rings. The van der Waals surface area contributed by atoms with Crippen LogP contribution in [0, 0.1) is 11.7 Å². The number of hydrogen-bond acceptors (Lipinski definition) is 3. The highest BCUT2D eigenvalue weighted by Gasteiger charge is 2.27. The van der Waals surface area contributed by atoms with E-state index in [0.717, 1.165) is 38.8 Å². The number of carbonyl (C=O) groups is 2. The van der Waals surface area contributed by atoms with Gasteiger partial charge in [0.2, 0.25) is 11.8 Å². The molecular formula is C21H31ClFN3O2. The van der Waals surface area contributed by atoms with Crippen molar-refractivity contribution < 1.29 is 14.0 Å². The summed E-state index contributed by atoms with van der Waals surface area (Å²) in [7, 11) is 0. The number of nitrogens with zero attached hydrogens (tertiary/aromatic N) is 1. The number of halogens is 2. The monoisotopic (exact) mass is 411 g/mol. The molecule has 2 aliphatic rings. The van der Waals surface area contributed by atoms with Crippen LogP contribution in [0.15, 0.2) is 24.3 Å². The maximum atomic E-state index is 13.9. The quantitative estimate of drug-likeness (QED) is 0.756. The first kappa shape index (κ1) is 22.6. The highest BCUT2D eigenvalue weighted by atomic mass is 35.5. The Kier molecular flexibility index (Phi) is 8.70. The number of likely N-dealkylation sites (tertiary alicyclic amines) is 1. The third-order valence-electron chi connectivity index (χ3n) is 5.73. The molecule has 0 radical (unpaired) electrons. The Morgan fingerprint density at radius 1 is 1.29 bits per heavy atom. The van der Waals surface area contributed by atoms with E-state index in [0.29, 0.717) is 25.1 Å². The topological polar surface area (TPSA) is 61.4 Å². The van der Waals surface area contributed by atoms with Crippen LogP contribution < -0.4 is 10.6 Å². The summed E-state index contributed by atoms with van der Waals surface area (Å²) < 4.78 is 13.9. The zero-order chi connectivity index (χ0) is 19.2. The first-order valence-electron chi connectivity index (χ1n) is 10.1. The summed E-state index contributed by atoms with van der Waals surface area (Å²) in [4.78, 5) is 26.7. The van der Waals surface area contributed by atoms with E-state index in [9.17, 15) is 14.0 Å². The van der Waals surface area contributed by atoms with E-state index >= 15 is 0 Å². The summed E-state index contributed by atoms with van der Waals surface area (Å²) in [5, 5.41) is 6.24. The van der Waals surface area contributed by atoms with Gasteiger partial charge < -0.3 is 15.5 Å². The number of benzene rings is 1. The number of hydrogen-bond donors (Lipinski definition) is 2. The van der Waals surface area contributed by atoms with Crippen LogP contribution in [0.25, 0.3) is 0 Å². The zero-order valence-corrected chi connectivity index (χ0v) is 17.3.